The van der Waals surface area contributed by atoms with E-state index in [2.05, 4.69) is 27.3 Å². The van der Waals surface area contributed by atoms with Crippen molar-refractivity contribution in [3.63, 3.8) is 0 Å². The molecule has 3 heterocycles. The molecule has 0 saturated carbocycles. The van der Waals surface area contributed by atoms with Gasteiger partial charge in [0, 0.05) is 25.2 Å². The molecule has 1 aromatic carbocycles. The lowest BCUT2D eigenvalue weighted by molar-refractivity contribution is 0.0622. The SMILES string of the molecule is CC1CCN(CC2CCCN(C(=O)c3cccc(-n4cnnn4)c3)C2)CC1. The van der Waals surface area contributed by atoms with Gasteiger partial charge in [0.25, 0.3) is 5.91 Å². The first-order valence-corrected chi connectivity index (χ1v) is 10.0. The van der Waals surface area contributed by atoms with Crippen LogP contribution in [0.4, 0.5) is 0 Å². The number of hydrogen-bond donors (Lipinski definition) is 0. The fourth-order valence-corrected chi connectivity index (χ4v) is 4.25. The van der Waals surface area contributed by atoms with E-state index in [-0.39, 0.29) is 5.91 Å². The van der Waals surface area contributed by atoms with E-state index in [0.717, 1.165) is 37.7 Å². The minimum atomic E-state index is 0.113. The van der Waals surface area contributed by atoms with Crippen molar-refractivity contribution in [2.75, 3.05) is 32.7 Å². The summed E-state index contributed by atoms with van der Waals surface area (Å²) in [5.41, 5.74) is 1.51. The van der Waals surface area contributed by atoms with E-state index in [4.69, 9.17) is 0 Å². The fourth-order valence-electron chi connectivity index (χ4n) is 4.25. The number of benzene rings is 1. The summed E-state index contributed by atoms with van der Waals surface area (Å²) in [4.78, 5) is 17.7. The molecular formula is C20H28N6O. The number of aromatic nitrogens is 4. The summed E-state index contributed by atoms with van der Waals surface area (Å²) in [6.07, 6.45) is 6.46. The average molecular weight is 368 g/mol. The number of rotatable bonds is 4. The summed E-state index contributed by atoms with van der Waals surface area (Å²) in [6.45, 7) is 7.60. The molecule has 7 nitrogen and oxygen atoms in total. The first-order valence-electron chi connectivity index (χ1n) is 10.0. The maximum Gasteiger partial charge on any atom is 0.253 e. The highest BCUT2D eigenvalue weighted by Gasteiger charge is 2.27. The predicted molar refractivity (Wildman–Crippen MR) is 103 cm³/mol. The van der Waals surface area contributed by atoms with Crippen LogP contribution in [0.25, 0.3) is 5.69 Å². The van der Waals surface area contributed by atoms with Crippen molar-refractivity contribution in [1.82, 2.24) is 30.0 Å². The van der Waals surface area contributed by atoms with Crippen molar-refractivity contribution in [2.24, 2.45) is 11.8 Å². The average Bonchev–Trinajstić information content (AvgIpc) is 3.24. The van der Waals surface area contributed by atoms with Crippen LogP contribution in [-0.2, 0) is 0 Å². The molecular weight excluding hydrogens is 340 g/mol. The number of nitrogens with zero attached hydrogens (tertiary/aromatic N) is 6. The van der Waals surface area contributed by atoms with Crippen LogP contribution in [-0.4, -0.2) is 68.6 Å². The number of piperidine rings is 2. The van der Waals surface area contributed by atoms with Gasteiger partial charge in [0.1, 0.15) is 6.33 Å². The van der Waals surface area contributed by atoms with Crippen molar-refractivity contribution in [2.45, 2.75) is 32.6 Å². The maximum absolute atomic E-state index is 13.1. The molecule has 0 aliphatic carbocycles. The predicted octanol–water partition coefficient (Wildman–Crippen LogP) is 2.25. The van der Waals surface area contributed by atoms with Crippen LogP contribution in [0.3, 0.4) is 0 Å². The number of carbonyl (C=O) groups is 1. The van der Waals surface area contributed by atoms with E-state index < -0.39 is 0 Å². The summed E-state index contributed by atoms with van der Waals surface area (Å²) in [7, 11) is 0. The van der Waals surface area contributed by atoms with Gasteiger partial charge in [-0.15, -0.1) is 5.10 Å². The van der Waals surface area contributed by atoms with Gasteiger partial charge in [-0.05, 0) is 79.2 Å². The maximum atomic E-state index is 13.1. The molecule has 0 bridgehead atoms. The third-order valence-corrected chi connectivity index (χ3v) is 5.91. The standard InChI is InChI=1S/C20H28N6O/c1-16-7-10-24(11-8-16)13-17-4-3-9-25(14-17)20(27)18-5-2-6-19(12-18)26-15-21-22-23-26/h2,5-6,12,15-17H,3-4,7-11,13-14H2,1H3. The topological polar surface area (TPSA) is 67.2 Å². The second kappa shape index (κ2) is 8.17. The molecule has 2 saturated heterocycles. The number of hydrogen-bond acceptors (Lipinski definition) is 5. The highest BCUT2D eigenvalue weighted by atomic mass is 16.2. The normalized spacial score (nSPS) is 22.1. The first-order chi connectivity index (χ1) is 13.2. The summed E-state index contributed by atoms with van der Waals surface area (Å²) in [5.74, 6) is 1.55. The van der Waals surface area contributed by atoms with Crippen molar-refractivity contribution < 1.29 is 4.79 Å². The second-order valence-corrected chi connectivity index (χ2v) is 8.05. The van der Waals surface area contributed by atoms with E-state index in [1.54, 1.807) is 11.0 Å². The van der Waals surface area contributed by atoms with Crippen molar-refractivity contribution >= 4 is 5.91 Å². The summed E-state index contributed by atoms with van der Waals surface area (Å²) in [5, 5.41) is 11.2. The van der Waals surface area contributed by atoms with Gasteiger partial charge < -0.3 is 9.80 Å². The molecule has 0 radical (unpaired) electrons. The Balaban J connectivity index is 1.39. The van der Waals surface area contributed by atoms with Crippen LogP contribution in [0.5, 0.6) is 0 Å². The lowest BCUT2D eigenvalue weighted by Gasteiger charge is -2.38. The van der Waals surface area contributed by atoms with E-state index in [1.165, 1.54) is 32.4 Å². The van der Waals surface area contributed by atoms with Gasteiger partial charge in [-0.1, -0.05) is 13.0 Å². The van der Waals surface area contributed by atoms with Crippen LogP contribution in [0.15, 0.2) is 30.6 Å². The number of tetrazole rings is 1. The zero-order chi connectivity index (χ0) is 18.6. The Morgan fingerprint density at radius 2 is 2.04 bits per heavy atom. The molecule has 0 N–H and O–H groups in total. The Bertz CT molecular complexity index is 754. The summed E-state index contributed by atoms with van der Waals surface area (Å²) in [6, 6.07) is 7.55. The van der Waals surface area contributed by atoms with Crippen LogP contribution in [0.1, 0.15) is 43.0 Å². The zero-order valence-electron chi connectivity index (χ0n) is 16.0. The number of amides is 1. The van der Waals surface area contributed by atoms with Gasteiger partial charge in [0.2, 0.25) is 0 Å². The molecule has 4 rings (SSSR count). The lowest BCUT2D eigenvalue weighted by atomic mass is 9.94. The number of carbonyl (C=O) groups excluding carboxylic acids is 1. The van der Waals surface area contributed by atoms with Crippen LogP contribution in [0.2, 0.25) is 0 Å². The molecule has 7 heteroatoms. The molecule has 0 spiro atoms. The third kappa shape index (κ3) is 4.35. The third-order valence-electron chi connectivity index (χ3n) is 5.91. The fraction of sp³-hybridized carbons (Fsp3) is 0.600. The van der Waals surface area contributed by atoms with Crippen LogP contribution in [0, 0.1) is 11.8 Å². The molecule has 2 fully saturated rings. The molecule has 1 atom stereocenters. The molecule has 1 amide bonds. The van der Waals surface area contributed by atoms with Crippen molar-refractivity contribution in [3.8, 4) is 5.69 Å². The minimum Gasteiger partial charge on any atom is -0.338 e. The van der Waals surface area contributed by atoms with Crippen LogP contribution >= 0.6 is 0 Å². The van der Waals surface area contributed by atoms with Gasteiger partial charge in [0.15, 0.2) is 0 Å². The van der Waals surface area contributed by atoms with Crippen molar-refractivity contribution in [1.29, 1.82) is 0 Å². The lowest BCUT2D eigenvalue weighted by Crippen LogP contribution is -2.45. The molecule has 2 aromatic rings. The van der Waals surface area contributed by atoms with Gasteiger partial charge in [-0.3, -0.25) is 4.79 Å². The Labute approximate surface area is 160 Å². The molecule has 2 aliphatic rings. The van der Waals surface area contributed by atoms with Gasteiger partial charge in [0.05, 0.1) is 5.69 Å². The second-order valence-electron chi connectivity index (χ2n) is 8.05. The largest absolute Gasteiger partial charge is 0.338 e. The Morgan fingerprint density at radius 3 is 2.81 bits per heavy atom. The molecule has 1 unspecified atom stereocenters. The van der Waals surface area contributed by atoms with Crippen molar-refractivity contribution in [3.05, 3.63) is 36.2 Å². The number of likely N-dealkylation sites (tertiary alicyclic amines) is 2. The zero-order valence-corrected chi connectivity index (χ0v) is 16.0. The molecule has 1 aromatic heterocycles. The Kier molecular flexibility index (Phi) is 5.48. The van der Waals surface area contributed by atoms with Gasteiger partial charge in [-0.2, -0.15) is 0 Å². The Hall–Kier alpha value is -2.28. The van der Waals surface area contributed by atoms with Gasteiger partial charge in [-0.25, -0.2) is 4.68 Å². The van der Waals surface area contributed by atoms with E-state index in [1.807, 2.05) is 29.2 Å². The Morgan fingerprint density at radius 1 is 1.19 bits per heavy atom. The monoisotopic (exact) mass is 368 g/mol. The highest BCUT2D eigenvalue weighted by molar-refractivity contribution is 5.94. The quantitative estimate of drug-likeness (QED) is 0.828. The highest BCUT2D eigenvalue weighted by Crippen LogP contribution is 2.23. The summed E-state index contributed by atoms with van der Waals surface area (Å²) < 4.78 is 1.58. The molecule has 144 valence electrons. The van der Waals surface area contributed by atoms with E-state index in [9.17, 15) is 4.79 Å². The molecule has 2 aliphatic heterocycles. The van der Waals surface area contributed by atoms with E-state index >= 15 is 0 Å². The van der Waals surface area contributed by atoms with E-state index in [0.29, 0.717) is 11.5 Å². The van der Waals surface area contributed by atoms with Crippen LogP contribution < -0.4 is 0 Å². The summed E-state index contributed by atoms with van der Waals surface area (Å²) >= 11 is 0. The molecule has 27 heavy (non-hydrogen) atoms. The van der Waals surface area contributed by atoms with Gasteiger partial charge >= 0.3 is 0 Å². The smallest absolute Gasteiger partial charge is 0.253 e. The first kappa shape index (κ1) is 18.1. The minimum absolute atomic E-state index is 0.113.